The van der Waals surface area contributed by atoms with Crippen LogP contribution >= 0.6 is 23.3 Å². The number of halogens is 1. The Hall–Kier alpha value is -0.870. The third-order valence-electron chi connectivity index (χ3n) is 3.17. The van der Waals surface area contributed by atoms with Crippen molar-refractivity contribution >= 4 is 40.0 Å². The number of anilines is 1. The summed E-state index contributed by atoms with van der Waals surface area (Å²) < 4.78 is 8.50. The van der Waals surface area contributed by atoms with Crippen molar-refractivity contribution in [3.8, 4) is 0 Å². The molecule has 0 unspecified atom stereocenters. The van der Waals surface area contributed by atoms with Crippen molar-refractivity contribution in [3.63, 3.8) is 0 Å². The van der Waals surface area contributed by atoms with Crippen molar-refractivity contribution in [3.05, 3.63) is 17.2 Å². The maximum absolute atomic E-state index is 6.18. The zero-order valence-electron chi connectivity index (χ0n) is 8.74. The first-order chi connectivity index (χ1) is 7.84. The summed E-state index contributed by atoms with van der Waals surface area (Å²) in [5.41, 5.74) is 2.77. The molecular formula is C11H12ClN3S. The van der Waals surface area contributed by atoms with Crippen LogP contribution in [0.25, 0.3) is 11.0 Å². The van der Waals surface area contributed by atoms with Crippen molar-refractivity contribution in [1.82, 2.24) is 8.75 Å². The molecule has 1 N–H and O–H groups in total. The topological polar surface area (TPSA) is 37.8 Å². The number of nitrogens with zero attached hydrogens (tertiary/aromatic N) is 2. The van der Waals surface area contributed by atoms with E-state index in [2.05, 4.69) is 14.1 Å². The van der Waals surface area contributed by atoms with Crippen LogP contribution in [0.4, 0.5) is 5.69 Å². The number of hydrogen-bond donors (Lipinski definition) is 1. The molecule has 3 nitrogen and oxygen atoms in total. The Bertz CT molecular complexity index is 507. The van der Waals surface area contributed by atoms with E-state index < -0.39 is 0 Å². The van der Waals surface area contributed by atoms with Crippen LogP contribution in [0.1, 0.15) is 19.3 Å². The molecule has 1 aliphatic carbocycles. The van der Waals surface area contributed by atoms with E-state index in [1.165, 1.54) is 31.0 Å². The van der Waals surface area contributed by atoms with Gasteiger partial charge in [-0.2, -0.15) is 8.75 Å². The third kappa shape index (κ3) is 1.76. The van der Waals surface area contributed by atoms with Gasteiger partial charge < -0.3 is 5.32 Å². The first-order valence-electron chi connectivity index (χ1n) is 5.49. The van der Waals surface area contributed by atoms with Gasteiger partial charge >= 0.3 is 0 Å². The molecule has 16 heavy (non-hydrogen) atoms. The normalized spacial score (nSPS) is 16.3. The van der Waals surface area contributed by atoms with Crippen LogP contribution in [0.2, 0.25) is 5.02 Å². The Morgan fingerprint density at radius 2 is 2.25 bits per heavy atom. The van der Waals surface area contributed by atoms with Crippen molar-refractivity contribution < 1.29 is 0 Å². The highest BCUT2D eigenvalue weighted by molar-refractivity contribution is 7.00. The van der Waals surface area contributed by atoms with Gasteiger partial charge in [-0.3, -0.25) is 0 Å². The fourth-order valence-corrected chi connectivity index (χ4v) is 2.70. The monoisotopic (exact) mass is 253 g/mol. The van der Waals surface area contributed by atoms with Gasteiger partial charge in [0.15, 0.2) is 0 Å². The standard InChI is InChI=1S/C11H12ClN3S/c12-8-4-5-9-11(15-16-14-9)10(8)13-6-7-2-1-3-7/h4-5,7,13H,1-3,6H2. The number of rotatable bonds is 3. The van der Waals surface area contributed by atoms with Crippen LogP contribution in [0.5, 0.6) is 0 Å². The summed E-state index contributed by atoms with van der Waals surface area (Å²) in [5, 5.41) is 4.15. The minimum Gasteiger partial charge on any atom is -0.382 e. The highest BCUT2D eigenvalue weighted by Gasteiger charge is 2.18. The lowest BCUT2D eigenvalue weighted by Gasteiger charge is -2.26. The van der Waals surface area contributed by atoms with Gasteiger partial charge in [-0.15, -0.1) is 0 Å². The lowest BCUT2D eigenvalue weighted by molar-refractivity contribution is 0.333. The van der Waals surface area contributed by atoms with Crippen LogP contribution in [-0.2, 0) is 0 Å². The highest BCUT2D eigenvalue weighted by Crippen LogP contribution is 2.32. The van der Waals surface area contributed by atoms with E-state index in [4.69, 9.17) is 11.6 Å². The second-order valence-electron chi connectivity index (χ2n) is 4.23. The number of fused-ring (bicyclic) bond motifs is 1. The summed E-state index contributed by atoms with van der Waals surface area (Å²) in [4.78, 5) is 0. The van der Waals surface area contributed by atoms with Gasteiger partial charge in [0.25, 0.3) is 0 Å². The Morgan fingerprint density at radius 1 is 1.38 bits per heavy atom. The molecule has 1 heterocycles. The van der Waals surface area contributed by atoms with Crippen LogP contribution in [0, 0.1) is 5.92 Å². The molecule has 1 fully saturated rings. The van der Waals surface area contributed by atoms with Gasteiger partial charge in [0.05, 0.1) is 22.4 Å². The van der Waals surface area contributed by atoms with Gasteiger partial charge in [-0.25, -0.2) is 0 Å². The molecule has 0 saturated heterocycles. The van der Waals surface area contributed by atoms with Crippen molar-refractivity contribution in [2.45, 2.75) is 19.3 Å². The van der Waals surface area contributed by atoms with E-state index in [1.54, 1.807) is 0 Å². The third-order valence-corrected chi connectivity index (χ3v) is 4.03. The smallest absolute Gasteiger partial charge is 0.129 e. The van der Waals surface area contributed by atoms with Gasteiger partial charge in [0, 0.05) is 6.54 Å². The Morgan fingerprint density at radius 3 is 3.00 bits per heavy atom. The number of nitrogens with one attached hydrogen (secondary N) is 1. The second-order valence-corrected chi connectivity index (χ2v) is 5.17. The quantitative estimate of drug-likeness (QED) is 0.909. The largest absolute Gasteiger partial charge is 0.382 e. The predicted octanol–water partition coefficient (Wildman–Crippen LogP) is 3.56. The highest BCUT2D eigenvalue weighted by atomic mass is 35.5. The summed E-state index contributed by atoms with van der Waals surface area (Å²) in [6.07, 6.45) is 4.02. The Labute approximate surface area is 103 Å². The van der Waals surface area contributed by atoms with E-state index in [-0.39, 0.29) is 0 Å². The molecule has 5 heteroatoms. The van der Waals surface area contributed by atoms with Crippen LogP contribution < -0.4 is 5.32 Å². The molecular weight excluding hydrogens is 242 g/mol. The molecule has 1 saturated carbocycles. The molecule has 0 atom stereocenters. The lowest BCUT2D eigenvalue weighted by Crippen LogP contribution is -2.21. The maximum atomic E-state index is 6.18. The molecule has 0 spiro atoms. The van der Waals surface area contributed by atoms with Crippen molar-refractivity contribution in [1.29, 1.82) is 0 Å². The molecule has 3 rings (SSSR count). The summed E-state index contributed by atoms with van der Waals surface area (Å²) in [7, 11) is 0. The van der Waals surface area contributed by atoms with Gasteiger partial charge in [0.2, 0.25) is 0 Å². The lowest BCUT2D eigenvalue weighted by atomic mass is 9.85. The van der Waals surface area contributed by atoms with Gasteiger partial charge in [0.1, 0.15) is 11.0 Å². The second kappa shape index (κ2) is 4.18. The van der Waals surface area contributed by atoms with Gasteiger partial charge in [-0.1, -0.05) is 18.0 Å². The SMILES string of the molecule is Clc1ccc2nsnc2c1NCC1CCC1. The molecule has 1 aromatic heterocycles. The molecule has 84 valence electrons. The summed E-state index contributed by atoms with van der Waals surface area (Å²) in [6.45, 7) is 0.996. The first-order valence-corrected chi connectivity index (χ1v) is 6.60. The number of aromatic nitrogens is 2. The van der Waals surface area contributed by atoms with Crippen molar-refractivity contribution in [2.75, 3.05) is 11.9 Å². The fraction of sp³-hybridized carbons (Fsp3) is 0.455. The van der Waals surface area contributed by atoms with E-state index >= 15 is 0 Å². The molecule has 0 aliphatic heterocycles. The number of benzene rings is 1. The van der Waals surface area contributed by atoms with Crippen LogP contribution in [-0.4, -0.2) is 15.3 Å². The Balaban J connectivity index is 1.87. The van der Waals surface area contributed by atoms with Crippen LogP contribution in [0.15, 0.2) is 12.1 Å². The average molecular weight is 254 g/mol. The maximum Gasteiger partial charge on any atom is 0.129 e. The molecule has 0 radical (unpaired) electrons. The van der Waals surface area contributed by atoms with E-state index in [1.807, 2.05) is 12.1 Å². The molecule has 0 amide bonds. The zero-order chi connectivity index (χ0) is 11.0. The van der Waals surface area contributed by atoms with E-state index in [0.717, 1.165) is 34.2 Å². The van der Waals surface area contributed by atoms with E-state index in [0.29, 0.717) is 0 Å². The molecule has 1 aliphatic rings. The molecule has 0 bridgehead atoms. The van der Waals surface area contributed by atoms with Crippen LogP contribution in [0.3, 0.4) is 0 Å². The molecule has 2 aromatic rings. The van der Waals surface area contributed by atoms with Crippen molar-refractivity contribution in [2.24, 2.45) is 5.92 Å². The first kappa shape index (κ1) is 10.3. The summed E-state index contributed by atoms with van der Waals surface area (Å²) in [6, 6.07) is 3.80. The minimum absolute atomic E-state index is 0.736. The zero-order valence-corrected chi connectivity index (χ0v) is 10.3. The average Bonchev–Trinajstić information content (AvgIpc) is 2.66. The fourth-order valence-electron chi connectivity index (χ4n) is 1.94. The minimum atomic E-state index is 0.736. The summed E-state index contributed by atoms with van der Waals surface area (Å²) in [5.74, 6) is 0.804. The number of hydrogen-bond acceptors (Lipinski definition) is 4. The Kier molecular flexibility index (Phi) is 2.69. The summed E-state index contributed by atoms with van der Waals surface area (Å²) >= 11 is 7.41. The predicted molar refractivity (Wildman–Crippen MR) is 68.3 cm³/mol. The van der Waals surface area contributed by atoms with Gasteiger partial charge in [-0.05, 0) is 30.9 Å². The van der Waals surface area contributed by atoms with E-state index in [9.17, 15) is 0 Å². The molecule has 1 aromatic carbocycles.